The normalized spacial score (nSPS) is 11.4. The van der Waals surface area contributed by atoms with Crippen LogP contribution in [0.2, 0.25) is 0 Å². The standard InChI is InChI=1S/C13H12N2O2S2/c1-15(9-12-5-6-18-10-12)19(16,17)13-4-2-3-11(7-13)8-14/h2-7,10H,9H2,1H3. The van der Waals surface area contributed by atoms with Gasteiger partial charge in [0.15, 0.2) is 0 Å². The fourth-order valence-corrected chi connectivity index (χ4v) is 3.50. The van der Waals surface area contributed by atoms with Crippen molar-refractivity contribution in [2.45, 2.75) is 11.4 Å². The zero-order valence-corrected chi connectivity index (χ0v) is 11.9. The highest BCUT2D eigenvalue weighted by atomic mass is 32.2. The van der Waals surface area contributed by atoms with Gasteiger partial charge < -0.3 is 0 Å². The highest BCUT2D eigenvalue weighted by molar-refractivity contribution is 7.89. The second kappa shape index (κ2) is 5.53. The molecule has 6 heteroatoms. The van der Waals surface area contributed by atoms with E-state index in [-0.39, 0.29) is 4.90 Å². The summed E-state index contributed by atoms with van der Waals surface area (Å²) >= 11 is 1.53. The molecule has 0 unspecified atom stereocenters. The van der Waals surface area contributed by atoms with E-state index in [4.69, 9.17) is 5.26 Å². The van der Waals surface area contributed by atoms with Crippen molar-refractivity contribution < 1.29 is 8.42 Å². The monoisotopic (exact) mass is 292 g/mol. The fraction of sp³-hybridized carbons (Fsp3) is 0.154. The van der Waals surface area contributed by atoms with E-state index in [1.807, 2.05) is 22.9 Å². The smallest absolute Gasteiger partial charge is 0.207 e. The van der Waals surface area contributed by atoms with Crippen molar-refractivity contribution in [1.29, 1.82) is 5.26 Å². The van der Waals surface area contributed by atoms with E-state index in [2.05, 4.69) is 0 Å². The zero-order valence-electron chi connectivity index (χ0n) is 10.3. The first-order valence-electron chi connectivity index (χ1n) is 5.51. The molecule has 0 bridgehead atoms. The molecule has 2 aromatic rings. The maximum absolute atomic E-state index is 12.3. The Morgan fingerprint density at radius 2 is 2.16 bits per heavy atom. The number of hydrogen-bond acceptors (Lipinski definition) is 4. The lowest BCUT2D eigenvalue weighted by atomic mass is 10.2. The second-order valence-corrected chi connectivity index (χ2v) is 6.86. The van der Waals surface area contributed by atoms with Crippen LogP contribution in [0.25, 0.3) is 0 Å². The van der Waals surface area contributed by atoms with Crippen LogP contribution in [0.15, 0.2) is 46.0 Å². The van der Waals surface area contributed by atoms with Crippen molar-refractivity contribution in [3.05, 3.63) is 52.2 Å². The second-order valence-electron chi connectivity index (χ2n) is 4.03. The lowest BCUT2D eigenvalue weighted by Crippen LogP contribution is -2.26. The number of hydrogen-bond donors (Lipinski definition) is 0. The van der Waals surface area contributed by atoms with Gasteiger partial charge in [-0.15, -0.1) is 0 Å². The minimum Gasteiger partial charge on any atom is -0.207 e. The van der Waals surface area contributed by atoms with E-state index < -0.39 is 10.0 Å². The third-order valence-corrected chi connectivity index (χ3v) is 5.19. The number of nitriles is 1. The van der Waals surface area contributed by atoms with Crippen LogP contribution in [-0.2, 0) is 16.6 Å². The number of sulfonamides is 1. The van der Waals surface area contributed by atoms with Crippen molar-refractivity contribution >= 4 is 21.4 Å². The van der Waals surface area contributed by atoms with Gasteiger partial charge in [-0.25, -0.2) is 8.42 Å². The lowest BCUT2D eigenvalue weighted by Gasteiger charge is -2.16. The predicted molar refractivity (Wildman–Crippen MR) is 74.1 cm³/mol. The van der Waals surface area contributed by atoms with Crippen LogP contribution in [0, 0.1) is 11.3 Å². The van der Waals surface area contributed by atoms with E-state index >= 15 is 0 Å². The molecule has 1 aromatic heterocycles. The van der Waals surface area contributed by atoms with E-state index in [0.717, 1.165) is 5.56 Å². The van der Waals surface area contributed by atoms with E-state index in [1.54, 1.807) is 12.1 Å². The summed E-state index contributed by atoms with van der Waals surface area (Å²) in [5.74, 6) is 0. The molecule has 0 aliphatic carbocycles. The summed E-state index contributed by atoms with van der Waals surface area (Å²) in [4.78, 5) is 0.143. The Balaban J connectivity index is 2.28. The Bertz CT molecular complexity index is 700. The Morgan fingerprint density at radius 1 is 1.37 bits per heavy atom. The molecule has 1 heterocycles. The average Bonchev–Trinajstić information content (AvgIpc) is 2.91. The molecule has 0 aliphatic heterocycles. The minimum atomic E-state index is -3.56. The van der Waals surface area contributed by atoms with Crippen LogP contribution in [0.4, 0.5) is 0 Å². The third-order valence-electron chi connectivity index (χ3n) is 2.66. The van der Waals surface area contributed by atoms with Crippen molar-refractivity contribution in [2.75, 3.05) is 7.05 Å². The van der Waals surface area contributed by atoms with Gasteiger partial charge in [-0.1, -0.05) is 6.07 Å². The fourth-order valence-electron chi connectivity index (χ4n) is 1.63. The first-order chi connectivity index (χ1) is 9.04. The Morgan fingerprint density at radius 3 is 2.79 bits per heavy atom. The number of rotatable bonds is 4. The largest absolute Gasteiger partial charge is 0.243 e. The van der Waals surface area contributed by atoms with Gasteiger partial charge in [0.2, 0.25) is 10.0 Å². The van der Waals surface area contributed by atoms with Crippen molar-refractivity contribution in [3.63, 3.8) is 0 Å². The predicted octanol–water partition coefficient (Wildman–Crippen LogP) is 2.44. The molecule has 98 valence electrons. The molecule has 0 N–H and O–H groups in total. The highest BCUT2D eigenvalue weighted by Crippen LogP contribution is 2.18. The molecule has 19 heavy (non-hydrogen) atoms. The highest BCUT2D eigenvalue weighted by Gasteiger charge is 2.21. The molecule has 0 amide bonds. The van der Waals surface area contributed by atoms with Gasteiger partial charge >= 0.3 is 0 Å². The van der Waals surface area contributed by atoms with Gasteiger partial charge in [-0.3, -0.25) is 0 Å². The average molecular weight is 292 g/mol. The molecule has 0 fully saturated rings. The maximum atomic E-state index is 12.3. The number of thiophene rings is 1. The van der Waals surface area contributed by atoms with E-state index in [9.17, 15) is 8.42 Å². The van der Waals surface area contributed by atoms with Crippen molar-refractivity contribution in [1.82, 2.24) is 4.31 Å². The summed E-state index contributed by atoms with van der Waals surface area (Å²) in [7, 11) is -2.03. The van der Waals surface area contributed by atoms with Crippen LogP contribution in [-0.4, -0.2) is 19.8 Å². The van der Waals surface area contributed by atoms with Crippen LogP contribution in [0.5, 0.6) is 0 Å². The summed E-state index contributed by atoms with van der Waals surface area (Å²) < 4.78 is 26.0. The molecule has 0 radical (unpaired) electrons. The quantitative estimate of drug-likeness (QED) is 0.869. The number of nitrogens with zero attached hydrogens (tertiary/aromatic N) is 2. The Labute approximate surface area is 116 Å². The summed E-state index contributed by atoms with van der Waals surface area (Å²) in [6, 6.07) is 9.88. The molecule has 1 aromatic carbocycles. The molecule has 0 atom stereocenters. The van der Waals surface area contributed by atoms with Crippen LogP contribution in [0.1, 0.15) is 11.1 Å². The van der Waals surface area contributed by atoms with Gasteiger partial charge in [0.25, 0.3) is 0 Å². The molecule has 4 nitrogen and oxygen atoms in total. The van der Waals surface area contributed by atoms with Crippen molar-refractivity contribution in [3.8, 4) is 6.07 Å². The molecule has 0 aliphatic rings. The maximum Gasteiger partial charge on any atom is 0.243 e. The first-order valence-corrected chi connectivity index (χ1v) is 7.90. The lowest BCUT2D eigenvalue weighted by molar-refractivity contribution is 0.467. The molecule has 2 rings (SSSR count). The van der Waals surface area contributed by atoms with Crippen LogP contribution >= 0.6 is 11.3 Å². The molecule has 0 spiro atoms. The van der Waals surface area contributed by atoms with Gasteiger partial charge in [0, 0.05) is 13.6 Å². The summed E-state index contributed by atoms with van der Waals surface area (Å²) in [6.45, 7) is 0.322. The molecule has 0 saturated heterocycles. The van der Waals surface area contributed by atoms with Gasteiger partial charge in [-0.2, -0.15) is 20.9 Å². The minimum absolute atomic E-state index is 0.143. The SMILES string of the molecule is CN(Cc1ccsc1)S(=O)(=O)c1cccc(C#N)c1. The first kappa shape index (κ1) is 13.7. The molecular formula is C13H12N2O2S2. The van der Waals surface area contributed by atoms with Crippen molar-refractivity contribution in [2.24, 2.45) is 0 Å². The van der Waals surface area contributed by atoms with Crippen LogP contribution < -0.4 is 0 Å². The third kappa shape index (κ3) is 3.01. The molecular weight excluding hydrogens is 280 g/mol. The molecule has 0 saturated carbocycles. The topological polar surface area (TPSA) is 61.2 Å². The van der Waals surface area contributed by atoms with Crippen LogP contribution in [0.3, 0.4) is 0 Å². The number of benzene rings is 1. The summed E-state index contributed by atoms with van der Waals surface area (Å²) in [6.07, 6.45) is 0. The van der Waals surface area contributed by atoms with E-state index in [1.165, 1.54) is 34.8 Å². The van der Waals surface area contributed by atoms with Gasteiger partial charge in [0.05, 0.1) is 16.5 Å². The van der Waals surface area contributed by atoms with Gasteiger partial charge in [-0.05, 0) is 40.6 Å². The Kier molecular flexibility index (Phi) is 4.00. The zero-order chi connectivity index (χ0) is 13.9. The van der Waals surface area contributed by atoms with E-state index in [0.29, 0.717) is 12.1 Å². The Hall–Kier alpha value is -1.68. The summed E-state index contributed by atoms with van der Waals surface area (Å²) in [5.41, 5.74) is 1.29. The summed E-state index contributed by atoms with van der Waals surface area (Å²) in [5, 5.41) is 12.6. The van der Waals surface area contributed by atoms with Gasteiger partial charge in [0.1, 0.15) is 0 Å².